The summed E-state index contributed by atoms with van der Waals surface area (Å²) >= 11 is 0. The summed E-state index contributed by atoms with van der Waals surface area (Å²) in [6, 6.07) is 12.4. The number of aryl methyl sites for hydroxylation is 1. The maximum absolute atomic E-state index is 4.41. The smallest absolute Gasteiger partial charge is 0.191 e. The van der Waals surface area contributed by atoms with E-state index in [4.69, 9.17) is 0 Å². The minimum absolute atomic E-state index is 0. The highest BCUT2D eigenvalue weighted by molar-refractivity contribution is 14.0. The van der Waals surface area contributed by atoms with Gasteiger partial charge in [-0.05, 0) is 24.1 Å². The van der Waals surface area contributed by atoms with Crippen LogP contribution in [0.1, 0.15) is 16.7 Å². The fourth-order valence-corrected chi connectivity index (χ4v) is 2.36. The summed E-state index contributed by atoms with van der Waals surface area (Å²) in [5, 5.41) is 6.69. The molecule has 0 aliphatic heterocycles. The molecule has 130 valence electrons. The van der Waals surface area contributed by atoms with Crippen molar-refractivity contribution in [3.8, 4) is 0 Å². The van der Waals surface area contributed by atoms with E-state index in [9.17, 15) is 0 Å². The number of benzene rings is 1. The van der Waals surface area contributed by atoms with Gasteiger partial charge in [0, 0.05) is 46.0 Å². The van der Waals surface area contributed by atoms with E-state index in [0.29, 0.717) is 6.54 Å². The van der Waals surface area contributed by atoms with Gasteiger partial charge in [0.25, 0.3) is 0 Å². The molecule has 5 nitrogen and oxygen atoms in total. The molecule has 0 fully saturated rings. The van der Waals surface area contributed by atoms with Crippen LogP contribution in [0, 0.1) is 6.92 Å². The number of guanidine groups is 1. The zero-order chi connectivity index (χ0) is 16.7. The molecular weight excluding hydrogens is 413 g/mol. The SMILES string of the molecule is CN=C(NCc1ccccc1C)NCc1cccnc1N(C)C.I. The summed E-state index contributed by atoms with van der Waals surface area (Å²) in [7, 11) is 5.78. The molecule has 0 spiro atoms. The molecule has 0 atom stereocenters. The lowest BCUT2D eigenvalue weighted by molar-refractivity contribution is 0.801. The normalized spacial score (nSPS) is 10.8. The van der Waals surface area contributed by atoms with Gasteiger partial charge in [-0.25, -0.2) is 4.98 Å². The summed E-state index contributed by atoms with van der Waals surface area (Å²) in [6.45, 7) is 3.54. The second-order valence-corrected chi connectivity index (χ2v) is 5.59. The number of hydrogen-bond donors (Lipinski definition) is 2. The van der Waals surface area contributed by atoms with Gasteiger partial charge >= 0.3 is 0 Å². The molecule has 0 saturated carbocycles. The number of rotatable bonds is 5. The quantitative estimate of drug-likeness (QED) is 0.428. The predicted molar refractivity (Wildman–Crippen MR) is 112 cm³/mol. The number of nitrogens with zero attached hydrogens (tertiary/aromatic N) is 3. The number of nitrogens with one attached hydrogen (secondary N) is 2. The number of halogens is 1. The Hall–Kier alpha value is -1.83. The van der Waals surface area contributed by atoms with Crippen LogP contribution in [-0.4, -0.2) is 32.1 Å². The van der Waals surface area contributed by atoms with E-state index in [1.165, 1.54) is 11.1 Å². The molecule has 24 heavy (non-hydrogen) atoms. The fourth-order valence-electron chi connectivity index (χ4n) is 2.36. The first-order valence-electron chi connectivity index (χ1n) is 7.72. The molecule has 0 bridgehead atoms. The standard InChI is InChI=1S/C18H25N5.HI/c1-14-8-5-6-9-15(14)12-21-18(19-2)22-13-16-10-7-11-20-17(16)23(3)4;/h5-11H,12-13H2,1-4H3,(H2,19,21,22);1H. The van der Waals surface area contributed by atoms with Gasteiger partial charge in [0.05, 0.1) is 0 Å². The second-order valence-electron chi connectivity index (χ2n) is 5.59. The molecule has 0 amide bonds. The third kappa shape index (κ3) is 5.67. The Kier molecular flexibility index (Phi) is 8.53. The number of aromatic nitrogens is 1. The average Bonchev–Trinajstić information content (AvgIpc) is 2.56. The first-order valence-corrected chi connectivity index (χ1v) is 7.72. The fraction of sp³-hybridized carbons (Fsp3) is 0.333. The highest BCUT2D eigenvalue weighted by Gasteiger charge is 2.06. The van der Waals surface area contributed by atoms with E-state index < -0.39 is 0 Å². The number of anilines is 1. The van der Waals surface area contributed by atoms with Crippen LogP contribution in [0.15, 0.2) is 47.6 Å². The summed E-state index contributed by atoms with van der Waals surface area (Å²) in [4.78, 5) is 10.7. The van der Waals surface area contributed by atoms with Gasteiger partial charge in [-0.1, -0.05) is 30.3 Å². The van der Waals surface area contributed by atoms with Crippen LogP contribution < -0.4 is 15.5 Å². The largest absolute Gasteiger partial charge is 0.362 e. The first kappa shape index (κ1) is 20.2. The maximum atomic E-state index is 4.41. The van der Waals surface area contributed by atoms with Crippen LogP contribution in [0.3, 0.4) is 0 Å². The third-order valence-electron chi connectivity index (χ3n) is 3.67. The van der Waals surface area contributed by atoms with Crippen LogP contribution in [0.5, 0.6) is 0 Å². The molecule has 6 heteroatoms. The number of pyridine rings is 1. The maximum Gasteiger partial charge on any atom is 0.191 e. The first-order chi connectivity index (χ1) is 11.1. The van der Waals surface area contributed by atoms with Crippen molar-refractivity contribution in [1.29, 1.82) is 0 Å². The monoisotopic (exact) mass is 439 g/mol. The van der Waals surface area contributed by atoms with E-state index in [1.54, 1.807) is 7.05 Å². The molecule has 2 rings (SSSR count). The Bertz CT molecular complexity index is 670. The van der Waals surface area contributed by atoms with Crippen molar-refractivity contribution in [3.63, 3.8) is 0 Å². The molecule has 0 unspecified atom stereocenters. The van der Waals surface area contributed by atoms with Gasteiger partial charge in [0.15, 0.2) is 5.96 Å². The zero-order valence-corrected chi connectivity index (χ0v) is 17.0. The van der Waals surface area contributed by atoms with Crippen molar-refractivity contribution in [2.75, 3.05) is 26.0 Å². The Morgan fingerprint density at radius 3 is 2.29 bits per heavy atom. The van der Waals surface area contributed by atoms with Crippen LogP contribution >= 0.6 is 24.0 Å². The van der Waals surface area contributed by atoms with Crippen LogP contribution in [0.25, 0.3) is 0 Å². The lowest BCUT2D eigenvalue weighted by atomic mass is 10.1. The van der Waals surface area contributed by atoms with E-state index in [-0.39, 0.29) is 24.0 Å². The zero-order valence-electron chi connectivity index (χ0n) is 14.7. The van der Waals surface area contributed by atoms with E-state index in [1.807, 2.05) is 31.3 Å². The van der Waals surface area contributed by atoms with Gasteiger partial charge in [0.1, 0.15) is 5.82 Å². The molecule has 1 aromatic carbocycles. The third-order valence-corrected chi connectivity index (χ3v) is 3.67. The lowest BCUT2D eigenvalue weighted by Crippen LogP contribution is -2.36. The minimum atomic E-state index is 0. The number of hydrogen-bond acceptors (Lipinski definition) is 3. The molecule has 0 radical (unpaired) electrons. The highest BCUT2D eigenvalue weighted by atomic mass is 127. The van der Waals surface area contributed by atoms with Gasteiger partial charge in [0.2, 0.25) is 0 Å². The molecular formula is C18H26IN5. The summed E-state index contributed by atoms with van der Waals surface area (Å²) < 4.78 is 0. The molecule has 0 aliphatic carbocycles. The van der Waals surface area contributed by atoms with E-state index in [2.05, 4.69) is 57.9 Å². The van der Waals surface area contributed by atoms with Crippen molar-refractivity contribution in [2.45, 2.75) is 20.0 Å². The topological polar surface area (TPSA) is 52.6 Å². The molecule has 1 aromatic heterocycles. The van der Waals surface area contributed by atoms with Crippen molar-refractivity contribution in [1.82, 2.24) is 15.6 Å². The highest BCUT2D eigenvalue weighted by Crippen LogP contribution is 2.13. The average molecular weight is 439 g/mol. The Morgan fingerprint density at radius 2 is 1.67 bits per heavy atom. The van der Waals surface area contributed by atoms with E-state index >= 15 is 0 Å². The van der Waals surface area contributed by atoms with Crippen LogP contribution in [0.2, 0.25) is 0 Å². The number of aliphatic imine (C=N–C) groups is 1. The molecule has 0 saturated heterocycles. The molecule has 2 aromatic rings. The summed E-state index contributed by atoms with van der Waals surface area (Å²) in [5.41, 5.74) is 3.68. The minimum Gasteiger partial charge on any atom is -0.362 e. The van der Waals surface area contributed by atoms with Crippen molar-refractivity contribution < 1.29 is 0 Å². The molecule has 0 aliphatic rings. The van der Waals surface area contributed by atoms with Crippen LogP contribution in [-0.2, 0) is 13.1 Å². The van der Waals surface area contributed by atoms with Gasteiger partial charge in [-0.15, -0.1) is 24.0 Å². The van der Waals surface area contributed by atoms with Crippen molar-refractivity contribution >= 4 is 35.8 Å². The Morgan fingerprint density at radius 1 is 1.04 bits per heavy atom. The van der Waals surface area contributed by atoms with Crippen molar-refractivity contribution in [3.05, 3.63) is 59.3 Å². The summed E-state index contributed by atoms with van der Waals surface area (Å²) in [5.74, 6) is 1.75. The van der Waals surface area contributed by atoms with Crippen molar-refractivity contribution in [2.24, 2.45) is 4.99 Å². The summed E-state index contributed by atoms with van der Waals surface area (Å²) in [6.07, 6.45) is 1.81. The van der Waals surface area contributed by atoms with Crippen LogP contribution in [0.4, 0.5) is 5.82 Å². The predicted octanol–water partition coefficient (Wildman–Crippen LogP) is 2.94. The van der Waals surface area contributed by atoms with Gasteiger partial charge in [-0.2, -0.15) is 0 Å². The molecule has 1 heterocycles. The molecule has 2 N–H and O–H groups in total. The van der Waals surface area contributed by atoms with Gasteiger partial charge < -0.3 is 15.5 Å². The second kappa shape index (κ2) is 10.1. The Balaban J connectivity index is 0.00000288. The van der Waals surface area contributed by atoms with Gasteiger partial charge in [-0.3, -0.25) is 4.99 Å². The van der Waals surface area contributed by atoms with E-state index in [0.717, 1.165) is 23.9 Å². The Labute approximate surface area is 161 Å². The lowest BCUT2D eigenvalue weighted by Gasteiger charge is -2.17.